The zero-order valence-electron chi connectivity index (χ0n) is 35.2. The van der Waals surface area contributed by atoms with Crippen molar-refractivity contribution in [1.82, 2.24) is 24.4 Å². The largest absolute Gasteiger partial charge is 0.416 e. The van der Waals surface area contributed by atoms with Crippen LogP contribution in [0.1, 0.15) is 63.9 Å². The summed E-state index contributed by atoms with van der Waals surface area (Å²) in [4.78, 5) is 36.0. The molecular formula is C45H47Cl2F6N5O6S. The summed E-state index contributed by atoms with van der Waals surface area (Å²) >= 11 is 12.7. The minimum Gasteiger partial charge on any atom is -0.367 e. The van der Waals surface area contributed by atoms with Gasteiger partial charge in [0.25, 0.3) is 5.91 Å². The van der Waals surface area contributed by atoms with Crippen LogP contribution in [0.25, 0.3) is 0 Å². The molecule has 2 amide bonds. The van der Waals surface area contributed by atoms with Crippen molar-refractivity contribution in [3.8, 4) is 0 Å². The molecule has 2 fully saturated rings. The number of likely N-dealkylation sites (tertiary alicyclic amines) is 1. The van der Waals surface area contributed by atoms with Gasteiger partial charge in [0, 0.05) is 56.6 Å². The predicted molar refractivity (Wildman–Crippen MR) is 230 cm³/mol. The number of likely N-dealkylation sites (N-methyl/N-ethyl adjacent to an activating group) is 1. The number of nitrogens with zero attached hydrogens (tertiary/aromatic N) is 4. The molecule has 2 atom stereocenters. The molecule has 3 aromatic carbocycles. The van der Waals surface area contributed by atoms with Crippen molar-refractivity contribution in [1.29, 1.82) is 0 Å². The van der Waals surface area contributed by atoms with Gasteiger partial charge >= 0.3 is 12.4 Å². The van der Waals surface area contributed by atoms with E-state index in [9.17, 15) is 44.3 Å². The average molecular weight is 971 g/mol. The first-order valence-electron chi connectivity index (χ1n) is 21.0. The molecule has 20 heteroatoms. The van der Waals surface area contributed by atoms with E-state index in [1.54, 1.807) is 25.2 Å². The van der Waals surface area contributed by atoms with Crippen molar-refractivity contribution in [3.63, 3.8) is 0 Å². The lowest BCUT2D eigenvalue weighted by Crippen LogP contribution is -2.54. The van der Waals surface area contributed by atoms with E-state index in [0.29, 0.717) is 69.6 Å². The maximum atomic E-state index is 13.9. The monoisotopic (exact) mass is 969 g/mol. The molecule has 0 saturated carbocycles. The molecule has 2 saturated heterocycles. The standard InChI is InChI=1S/C45H47Cl2F6N5O6S/c1-56(16-5-15-55-65(61,62)35-7-4-14-54-27-35)40(59)28-63-39-24-30-6-2-3-8-36(30)42(39)11-17-57(18-12-42)19-13-43(32-9-10-37(46)38(47)26-32)29-58(20-21-64-43)41(60)31-22-33(44(48,49)50)25-34(23-31)45(51,52)53/h2-4,6-10,14,22-23,25-27,39,55H,5,11-13,15-21,24,28-29H2,1H3/t39-,43-/m0/s1. The zero-order valence-corrected chi connectivity index (χ0v) is 37.6. The van der Waals surface area contributed by atoms with Crippen LogP contribution in [0.5, 0.6) is 0 Å². The van der Waals surface area contributed by atoms with Crippen LogP contribution in [0, 0.1) is 0 Å². The van der Waals surface area contributed by atoms with Gasteiger partial charge in [-0.05, 0) is 104 Å². The van der Waals surface area contributed by atoms with Gasteiger partial charge in [0.2, 0.25) is 15.9 Å². The number of sulfonamides is 1. The number of pyridine rings is 1. The second kappa shape index (κ2) is 19.5. The minimum atomic E-state index is -5.13. The fourth-order valence-electron chi connectivity index (χ4n) is 9.06. The number of nitrogens with one attached hydrogen (secondary N) is 1. The normalized spacial score (nSPS) is 20.2. The van der Waals surface area contributed by atoms with Gasteiger partial charge in [-0.15, -0.1) is 0 Å². The Hall–Kier alpha value is -4.30. The third-order valence-electron chi connectivity index (χ3n) is 12.6. The van der Waals surface area contributed by atoms with Crippen LogP contribution in [0.2, 0.25) is 10.0 Å². The number of carbonyl (C=O) groups excluding carboxylic acids is 2. The van der Waals surface area contributed by atoms with E-state index in [1.807, 2.05) is 12.1 Å². The summed E-state index contributed by atoms with van der Waals surface area (Å²) < 4.78 is 123. The highest BCUT2D eigenvalue weighted by Gasteiger charge is 2.50. The van der Waals surface area contributed by atoms with Crippen LogP contribution in [-0.4, -0.2) is 112 Å². The van der Waals surface area contributed by atoms with Gasteiger partial charge < -0.3 is 24.2 Å². The minimum absolute atomic E-state index is 0.0118. The van der Waals surface area contributed by atoms with E-state index in [4.69, 9.17) is 32.7 Å². The summed E-state index contributed by atoms with van der Waals surface area (Å²) in [5.74, 6) is -1.25. The molecule has 7 rings (SSSR count). The Morgan fingerprint density at radius 1 is 0.938 bits per heavy atom. The molecule has 4 aromatic rings. The number of rotatable bonds is 14. The maximum Gasteiger partial charge on any atom is 0.416 e. The topological polar surface area (TPSA) is 121 Å². The van der Waals surface area contributed by atoms with E-state index in [2.05, 4.69) is 26.7 Å². The Morgan fingerprint density at radius 3 is 2.31 bits per heavy atom. The summed E-state index contributed by atoms with van der Waals surface area (Å²) in [5.41, 5.74) is -2.74. The van der Waals surface area contributed by atoms with Gasteiger partial charge in [-0.2, -0.15) is 26.3 Å². The highest BCUT2D eigenvalue weighted by molar-refractivity contribution is 7.89. The van der Waals surface area contributed by atoms with Gasteiger partial charge in [-0.3, -0.25) is 14.6 Å². The molecule has 1 aromatic heterocycles. The number of hydrogen-bond donors (Lipinski definition) is 1. The Morgan fingerprint density at radius 2 is 1.65 bits per heavy atom. The third-order valence-corrected chi connectivity index (χ3v) is 14.8. The molecule has 1 aliphatic carbocycles. The van der Waals surface area contributed by atoms with Crippen molar-refractivity contribution in [2.24, 2.45) is 0 Å². The fourth-order valence-corrected chi connectivity index (χ4v) is 10.4. The molecule has 0 bridgehead atoms. The summed E-state index contributed by atoms with van der Waals surface area (Å²) in [5, 5.41) is 0.451. The second-order valence-corrected chi connectivity index (χ2v) is 19.2. The lowest BCUT2D eigenvalue weighted by atomic mass is 9.72. The fraction of sp³-hybridized carbons (Fsp3) is 0.444. The van der Waals surface area contributed by atoms with Crippen LogP contribution in [0.15, 0.2) is 90.1 Å². The molecule has 350 valence electrons. The van der Waals surface area contributed by atoms with Crippen LogP contribution in [0.4, 0.5) is 26.3 Å². The molecule has 3 aliphatic rings. The van der Waals surface area contributed by atoms with E-state index in [-0.39, 0.29) is 72.3 Å². The first-order chi connectivity index (χ1) is 30.7. The quantitative estimate of drug-likeness (QED) is 0.0999. The summed E-state index contributed by atoms with van der Waals surface area (Å²) in [7, 11) is -2.09. The van der Waals surface area contributed by atoms with Crippen LogP contribution in [-0.2, 0) is 54.1 Å². The number of morpholine rings is 1. The molecule has 0 unspecified atom stereocenters. The van der Waals surface area contributed by atoms with Crippen molar-refractivity contribution >= 4 is 45.0 Å². The van der Waals surface area contributed by atoms with Crippen LogP contribution >= 0.6 is 23.2 Å². The number of hydrogen-bond acceptors (Lipinski definition) is 8. The highest BCUT2D eigenvalue weighted by Crippen LogP contribution is 2.48. The number of fused-ring (bicyclic) bond motifs is 2. The first kappa shape index (κ1) is 48.6. The number of amides is 2. The van der Waals surface area contributed by atoms with E-state index >= 15 is 0 Å². The van der Waals surface area contributed by atoms with Crippen molar-refractivity contribution in [2.75, 3.05) is 66.1 Å². The summed E-state index contributed by atoms with van der Waals surface area (Å²) in [6, 6.07) is 16.8. The maximum absolute atomic E-state index is 13.9. The van der Waals surface area contributed by atoms with Gasteiger partial charge in [0.05, 0.1) is 40.4 Å². The number of halogens is 8. The summed E-state index contributed by atoms with van der Waals surface area (Å²) in [6.45, 7) is 1.58. The number of carbonyl (C=O) groups is 2. The number of ether oxygens (including phenoxy) is 2. The van der Waals surface area contributed by atoms with Crippen molar-refractivity contribution in [3.05, 3.63) is 129 Å². The molecule has 11 nitrogen and oxygen atoms in total. The van der Waals surface area contributed by atoms with Crippen molar-refractivity contribution in [2.45, 2.75) is 66.5 Å². The van der Waals surface area contributed by atoms with E-state index in [0.717, 1.165) is 11.1 Å². The lowest BCUT2D eigenvalue weighted by molar-refractivity contribution is -0.143. The predicted octanol–water partition coefficient (Wildman–Crippen LogP) is 7.99. The van der Waals surface area contributed by atoms with E-state index < -0.39 is 56.0 Å². The molecule has 2 aliphatic heterocycles. The second-order valence-electron chi connectivity index (χ2n) is 16.7. The SMILES string of the molecule is CN(CCCNS(=O)(=O)c1cccnc1)C(=O)CO[C@H]1Cc2ccccc2C12CCN(CC[C@@]1(c3ccc(Cl)c(Cl)c3)CN(C(=O)c3cc(C(F)(F)F)cc(C(F)(F)F)c3)CCO1)CC2. The Balaban J connectivity index is 1.01. The number of alkyl halides is 6. The first-order valence-corrected chi connectivity index (χ1v) is 23.2. The molecular weight excluding hydrogens is 923 g/mol. The third kappa shape index (κ3) is 11.0. The Bertz CT molecular complexity index is 2440. The smallest absolute Gasteiger partial charge is 0.367 e. The number of aromatic nitrogens is 1. The van der Waals surface area contributed by atoms with Crippen molar-refractivity contribution < 1.29 is 53.8 Å². The van der Waals surface area contributed by atoms with Gasteiger partial charge in [-0.1, -0.05) is 53.5 Å². The number of benzene rings is 3. The molecule has 65 heavy (non-hydrogen) atoms. The molecule has 0 radical (unpaired) electrons. The van der Waals surface area contributed by atoms with Gasteiger partial charge in [-0.25, -0.2) is 13.1 Å². The Kier molecular flexibility index (Phi) is 14.6. The van der Waals surface area contributed by atoms with Crippen LogP contribution < -0.4 is 4.72 Å². The average Bonchev–Trinajstić information content (AvgIpc) is 3.58. The molecule has 1 N–H and O–H groups in total. The Labute approximate surface area is 383 Å². The van der Waals surface area contributed by atoms with Crippen LogP contribution in [0.3, 0.4) is 0 Å². The zero-order chi connectivity index (χ0) is 46.8. The highest BCUT2D eigenvalue weighted by atomic mass is 35.5. The van der Waals surface area contributed by atoms with E-state index in [1.165, 1.54) is 34.3 Å². The van der Waals surface area contributed by atoms with Gasteiger partial charge in [0.15, 0.2) is 0 Å². The lowest BCUT2D eigenvalue weighted by Gasteiger charge is -2.46. The molecule has 1 spiro atoms. The summed E-state index contributed by atoms with van der Waals surface area (Å²) in [6.07, 6.45) is -5.20. The number of piperidine rings is 1. The molecule has 3 heterocycles. The van der Waals surface area contributed by atoms with Gasteiger partial charge in [0.1, 0.15) is 17.1 Å².